The average molecular weight is 283 g/mol. The van der Waals surface area contributed by atoms with Crippen LogP contribution in [0.25, 0.3) is 11.2 Å². The number of nitrogens with zero attached hydrogens (tertiary/aromatic N) is 4. The van der Waals surface area contributed by atoms with Gasteiger partial charge in [0.15, 0.2) is 5.65 Å². The number of hydrogen-bond donors (Lipinski definition) is 0. The number of aryl methyl sites for hydroxylation is 2. The van der Waals surface area contributed by atoms with Crippen LogP contribution in [0, 0.1) is 6.92 Å². The van der Waals surface area contributed by atoms with Crippen molar-refractivity contribution in [1.29, 1.82) is 0 Å². The topological polar surface area (TPSA) is 44.9 Å². The van der Waals surface area contributed by atoms with Crippen molar-refractivity contribution >= 4 is 22.8 Å². The first-order chi connectivity index (χ1) is 9.20. The van der Waals surface area contributed by atoms with Gasteiger partial charge in [0.1, 0.15) is 11.3 Å². The molecule has 2 aromatic rings. The zero-order chi connectivity index (χ0) is 13.4. The first-order valence-electron chi connectivity index (χ1n) is 6.77. The Morgan fingerprint density at radius 1 is 1.42 bits per heavy atom. The van der Waals surface area contributed by atoms with Gasteiger partial charge in [0.05, 0.1) is 24.2 Å². The van der Waals surface area contributed by atoms with E-state index in [-0.39, 0.29) is 6.10 Å². The summed E-state index contributed by atoms with van der Waals surface area (Å²) in [6.45, 7) is 3.66. The van der Waals surface area contributed by atoms with Crippen LogP contribution >= 0.6 is 11.6 Å². The maximum absolute atomic E-state index is 6.03. The molecule has 1 fully saturated rings. The molecule has 104 valence electrons. The predicted molar refractivity (Wildman–Crippen MR) is 74.4 cm³/mol. The monoisotopic (exact) mass is 282 g/mol. The highest BCUT2D eigenvalue weighted by Gasteiger charge is 2.21. The highest BCUT2D eigenvalue weighted by molar-refractivity contribution is 6.16. The van der Waals surface area contributed by atoms with E-state index in [0.29, 0.717) is 5.88 Å². The van der Waals surface area contributed by atoms with Crippen molar-refractivity contribution in [3.05, 3.63) is 11.5 Å². The number of imidazole rings is 1. The van der Waals surface area contributed by atoms with E-state index in [9.17, 15) is 0 Å². The maximum atomic E-state index is 6.03. The Bertz CT molecular complexity index is 583. The second-order valence-corrected chi connectivity index (χ2v) is 5.41. The molecule has 1 saturated heterocycles. The van der Waals surface area contributed by atoms with Crippen LogP contribution in [0.4, 0.5) is 0 Å². The summed E-state index contributed by atoms with van der Waals surface area (Å²) < 4.78 is 9.88. The van der Waals surface area contributed by atoms with Gasteiger partial charge < -0.3 is 9.30 Å². The smallest absolute Gasteiger partial charge is 0.158 e. The lowest BCUT2D eigenvalue weighted by molar-refractivity contribution is 0.00611. The molecule has 0 saturated carbocycles. The summed E-state index contributed by atoms with van der Waals surface area (Å²) in [5.41, 5.74) is 2.95. The molecule has 0 radical (unpaired) electrons. The average Bonchev–Trinajstić information content (AvgIpc) is 2.91. The van der Waals surface area contributed by atoms with Crippen LogP contribution in [0.3, 0.4) is 0 Å². The Kier molecular flexibility index (Phi) is 3.50. The van der Waals surface area contributed by atoms with E-state index in [1.807, 2.05) is 18.7 Å². The number of hydrogen-bond acceptors (Lipinski definition) is 3. The van der Waals surface area contributed by atoms with Crippen LogP contribution in [-0.4, -0.2) is 32.0 Å². The number of ether oxygens (including phenoxy) is 1. The Balaban J connectivity index is 1.99. The second kappa shape index (κ2) is 5.13. The molecule has 0 bridgehead atoms. The van der Waals surface area contributed by atoms with Crippen molar-refractivity contribution in [1.82, 2.24) is 19.3 Å². The number of aromatic nitrogens is 4. The van der Waals surface area contributed by atoms with E-state index in [4.69, 9.17) is 16.3 Å². The van der Waals surface area contributed by atoms with Gasteiger partial charge in [-0.2, -0.15) is 5.10 Å². The van der Waals surface area contributed by atoms with Gasteiger partial charge in [-0.25, -0.2) is 4.98 Å². The standard InChI is InChI=1S/C13H19ClN4O/c1-9-12-13(17(2)16-9)18(11(7-14)15-12)8-10-5-3-4-6-19-10/h10H,3-8H2,1-2H3. The fourth-order valence-electron chi connectivity index (χ4n) is 2.83. The number of alkyl halides is 1. The first kappa shape index (κ1) is 12.9. The lowest BCUT2D eigenvalue weighted by atomic mass is 10.1. The Hall–Kier alpha value is -1.07. The quantitative estimate of drug-likeness (QED) is 0.812. The Labute approximate surface area is 117 Å². The van der Waals surface area contributed by atoms with E-state index in [1.54, 1.807) is 0 Å². The number of rotatable bonds is 3. The molecule has 0 spiro atoms. The zero-order valence-electron chi connectivity index (χ0n) is 11.4. The van der Waals surface area contributed by atoms with E-state index in [0.717, 1.165) is 42.3 Å². The van der Waals surface area contributed by atoms with Crippen LogP contribution in [0.5, 0.6) is 0 Å². The fourth-order valence-corrected chi connectivity index (χ4v) is 3.03. The Morgan fingerprint density at radius 2 is 2.26 bits per heavy atom. The van der Waals surface area contributed by atoms with E-state index >= 15 is 0 Å². The molecule has 0 aliphatic carbocycles. The molecule has 3 rings (SSSR count). The third kappa shape index (κ3) is 2.25. The zero-order valence-corrected chi connectivity index (χ0v) is 12.2. The minimum Gasteiger partial charge on any atom is -0.376 e. The van der Waals surface area contributed by atoms with Crippen LogP contribution in [0.15, 0.2) is 0 Å². The van der Waals surface area contributed by atoms with E-state index in [2.05, 4.69) is 14.6 Å². The molecule has 0 N–H and O–H groups in total. The first-order valence-corrected chi connectivity index (χ1v) is 7.30. The van der Waals surface area contributed by atoms with Gasteiger partial charge in [-0.05, 0) is 26.2 Å². The highest BCUT2D eigenvalue weighted by atomic mass is 35.5. The largest absolute Gasteiger partial charge is 0.376 e. The molecule has 2 aromatic heterocycles. The van der Waals surface area contributed by atoms with E-state index < -0.39 is 0 Å². The van der Waals surface area contributed by atoms with Crippen molar-refractivity contribution < 1.29 is 4.74 Å². The SMILES string of the molecule is Cc1nn(C)c2c1nc(CCl)n2CC1CCCCO1. The Morgan fingerprint density at radius 3 is 2.95 bits per heavy atom. The normalized spacial score (nSPS) is 20.3. The van der Waals surface area contributed by atoms with E-state index in [1.165, 1.54) is 12.8 Å². The third-order valence-electron chi connectivity index (χ3n) is 3.75. The minimum atomic E-state index is 0.267. The molecule has 1 aliphatic rings. The molecular weight excluding hydrogens is 264 g/mol. The van der Waals surface area contributed by atoms with Crippen molar-refractivity contribution in [2.75, 3.05) is 6.61 Å². The van der Waals surface area contributed by atoms with Gasteiger partial charge >= 0.3 is 0 Å². The molecular formula is C13H19ClN4O. The summed E-state index contributed by atoms with van der Waals surface area (Å²) in [5, 5.41) is 4.43. The summed E-state index contributed by atoms with van der Waals surface area (Å²) >= 11 is 6.03. The van der Waals surface area contributed by atoms with Gasteiger partial charge in [-0.15, -0.1) is 11.6 Å². The summed E-state index contributed by atoms with van der Waals surface area (Å²) in [7, 11) is 1.95. The van der Waals surface area contributed by atoms with Crippen molar-refractivity contribution in [2.45, 2.75) is 44.7 Å². The van der Waals surface area contributed by atoms with Gasteiger partial charge in [-0.3, -0.25) is 4.68 Å². The van der Waals surface area contributed by atoms with Gasteiger partial charge in [0.2, 0.25) is 0 Å². The third-order valence-corrected chi connectivity index (χ3v) is 3.99. The van der Waals surface area contributed by atoms with Crippen molar-refractivity contribution in [2.24, 2.45) is 7.05 Å². The molecule has 3 heterocycles. The van der Waals surface area contributed by atoms with Crippen LogP contribution in [-0.2, 0) is 24.2 Å². The molecule has 0 amide bonds. The fraction of sp³-hybridized carbons (Fsp3) is 0.692. The van der Waals surface area contributed by atoms with Crippen molar-refractivity contribution in [3.63, 3.8) is 0 Å². The molecule has 6 heteroatoms. The minimum absolute atomic E-state index is 0.267. The second-order valence-electron chi connectivity index (χ2n) is 5.14. The molecule has 19 heavy (non-hydrogen) atoms. The molecule has 1 atom stereocenters. The van der Waals surface area contributed by atoms with Crippen LogP contribution < -0.4 is 0 Å². The molecule has 5 nitrogen and oxygen atoms in total. The lowest BCUT2D eigenvalue weighted by Crippen LogP contribution is -2.25. The summed E-state index contributed by atoms with van der Waals surface area (Å²) in [6, 6.07) is 0. The van der Waals surface area contributed by atoms with Gasteiger partial charge in [0, 0.05) is 13.7 Å². The summed E-state index contributed by atoms with van der Waals surface area (Å²) in [4.78, 5) is 4.61. The summed E-state index contributed by atoms with van der Waals surface area (Å²) in [6.07, 6.45) is 3.79. The molecule has 1 unspecified atom stereocenters. The number of fused-ring (bicyclic) bond motifs is 1. The predicted octanol–water partition coefficient (Wildman–Crippen LogP) is 2.39. The van der Waals surface area contributed by atoms with Gasteiger partial charge in [-0.1, -0.05) is 0 Å². The molecule has 1 aliphatic heterocycles. The van der Waals surface area contributed by atoms with Gasteiger partial charge in [0.25, 0.3) is 0 Å². The van der Waals surface area contributed by atoms with Crippen LogP contribution in [0.2, 0.25) is 0 Å². The highest BCUT2D eigenvalue weighted by Crippen LogP contribution is 2.23. The summed E-state index contributed by atoms with van der Waals surface area (Å²) in [5.74, 6) is 1.32. The van der Waals surface area contributed by atoms with Crippen LogP contribution in [0.1, 0.15) is 30.8 Å². The lowest BCUT2D eigenvalue weighted by Gasteiger charge is -2.23. The van der Waals surface area contributed by atoms with Crippen molar-refractivity contribution in [3.8, 4) is 0 Å². The maximum Gasteiger partial charge on any atom is 0.158 e. The molecule has 0 aromatic carbocycles. The number of halogens is 1.